The van der Waals surface area contributed by atoms with Gasteiger partial charge in [0.15, 0.2) is 10.9 Å². The van der Waals surface area contributed by atoms with Crippen LogP contribution in [0.3, 0.4) is 0 Å². The number of halogens is 5. The average molecular weight is 580 g/mol. The number of thiazole rings is 1. The molecule has 0 amide bonds. The minimum absolute atomic E-state index is 0.0491. The number of nitrogen functional groups attached to an aromatic ring is 1. The lowest BCUT2D eigenvalue weighted by atomic mass is 9.95. The molecular weight excluding hydrogens is 553 g/mol. The highest BCUT2D eigenvalue weighted by Gasteiger charge is 2.38. The fraction of sp³-hybridized carbons (Fsp3) is 0.423. The lowest BCUT2D eigenvalue weighted by Gasteiger charge is -2.30. The number of nitrogens with two attached hydrogens (primary N) is 1. The van der Waals surface area contributed by atoms with Crippen LogP contribution in [0.15, 0.2) is 18.2 Å². The standard InChI is InChI=1S/C26H26F5N7OS/c1-37-8-2-3-13(37)12-39-25-35-20-15(23(36-25)38-9-6-33-7-10-38)11-16(26(29,30)31)18(19(20)28)14-4-5-17(27)22-21(14)34-24(32)40-22/h4-5,11,13,33H,2-3,6-10,12H2,1H3,(H2,32,34)/t13-/m0/s1. The molecule has 2 fully saturated rings. The van der Waals surface area contributed by atoms with Gasteiger partial charge in [0.1, 0.15) is 23.8 Å². The highest BCUT2D eigenvalue weighted by Crippen LogP contribution is 2.46. The molecule has 2 aliphatic heterocycles. The van der Waals surface area contributed by atoms with Crippen molar-refractivity contribution in [3.8, 4) is 17.1 Å². The monoisotopic (exact) mass is 579 g/mol. The van der Waals surface area contributed by atoms with E-state index in [0.717, 1.165) is 48.9 Å². The third kappa shape index (κ3) is 4.77. The lowest BCUT2D eigenvalue weighted by Crippen LogP contribution is -2.44. The first-order valence-electron chi connectivity index (χ1n) is 12.9. The van der Waals surface area contributed by atoms with Crippen molar-refractivity contribution in [3.63, 3.8) is 0 Å². The van der Waals surface area contributed by atoms with Gasteiger partial charge in [-0.2, -0.15) is 23.1 Å². The van der Waals surface area contributed by atoms with Gasteiger partial charge in [-0.25, -0.2) is 13.8 Å². The van der Waals surface area contributed by atoms with Crippen LogP contribution in [-0.4, -0.2) is 72.3 Å². The van der Waals surface area contributed by atoms with Gasteiger partial charge >= 0.3 is 12.2 Å². The number of likely N-dealkylation sites (N-methyl/N-ethyl adjacent to an activating group) is 1. The number of piperazine rings is 1. The van der Waals surface area contributed by atoms with E-state index in [1.165, 1.54) is 0 Å². The molecular formula is C26H26F5N7OS. The molecule has 40 heavy (non-hydrogen) atoms. The van der Waals surface area contributed by atoms with E-state index in [9.17, 15) is 17.6 Å². The molecule has 14 heteroatoms. The maximum atomic E-state index is 16.5. The molecule has 0 aliphatic carbocycles. The second-order valence-electron chi connectivity index (χ2n) is 9.99. The maximum Gasteiger partial charge on any atom is 0.417 e. The molecule has 0 saturated carbocycles. The Morgan fingerprint density at radius 2 is 1.88 bits per heavy atom. The Balaban J connectivity index is 1.58. The number of hydrogen-bond acceptors (Lipinski definition) is 9. The molecule has 2 saturated heterocycles. The van der Waals surface area contributed by atoms with Crippen molar-refractivity contribution < 1.29 is 26.7 Å². The molecule has 0 bridgehead atoms. The minimum atomic E-state index is -4.95. The summed E-state index contributed by atoms with van der Waals surface area (Å²) < 4.78 is 80.4. The van der Waals surface area contributed by atoms with Gasteiger partial charge in [0.2, 0.25) is 0 Å². The number of rotatable bonds is 5. The Morgan fingerprint density at radius 1 is 1.10 bits per heavy atom. The smallest absolute Gasteiger partial charge is 0.417 e. The Labute approximate surface area is 230 Å². The summed E-state index contributed by atoms with van der Waals surface area (Å²) in [5.41, 5.74) is 3.04. The van der Waals surface area contributed by atoms with Crippen molar-refractivity contribution in [2.75, 3.05) is 57.0 Å². The van der Waals surface area contributed by atoms with E-state index in [1.807, 2.05) is 7.05 Å². The largest absolute Gasteiger partial charge is 0.462 e. The summed E-state index contributed by atoms with van der Waals surface area (Å²) in [7, 11) is 1.98. The van der Waals surface area contributed by atoms with Gasteiger partial charge in [0.05, 0.1) is 15.8 Å². The molecule has 212 valence electrons. The van der Waals surface area contributed by atoms with E-state index >= 15 is 4.39 Å². The summed E-state index contributed by atoms with van der Waals surface area (Å²) >= 11 is 0.779. The normalized spacial score (nSPS) is 18.8. The van der Waals surface area contributed by atoms with E-state index in [2.05, 4.69) is 25.2 Å². The first-order valence-corrected chi connectivity index (χ1v) is 13.7. The molecule has 8 nitrogen and oxygen atoms in total. The van der Waals surface area contributed by atoms with Crippen molar-refractivity contribution in [2.24, 2.45) is 0 Å². The van der Waals surface area contributed by atoms with Gasteiger partial charge < -0.3 is 25.6 Å². The fourth-order valence-electron chi connectivity index (χ4n) is 5.41. The summed E-state index contributed by atoms with van der Waals surface area (Å²) in [6.45, 7) is 3.26. The van der Waals surface area contributed by atoms with Gasteiger partial charge in [-0.05, 0) is 44.6 Å². The third-order valence-electron chi connectivity index (χ3n) is 7.47. The van der Waals surface area contributed by atoms with Crippen molar-refractivity contribution in [2.45, 2.75) is 25.1 Å². The second kappa shape index (κ2) is 10.2. The number of nitrogens with zero attached hydrogens (tertiary/aromatic N) is 5. The number of nitrogens with one attached hydrogen (secondary N) is 1. The van der Waals surface area contributed by atoms with Crippen LogP contribution in [-0.2, 0) is 6.18 Å². The highest BCUT2D eigenvalue weighted by molar-refractivity contribution is 7.22. The molecule has 1 atom stereocenters. The first-order chi connectivity index (χ1) is 19.1. The zero-order chi connectivity index (χ0) is 28.2. The van der Waals surface area contributed by atoms with Crippen LogP contribution >= 0.6 is 11.3 Å². The van der Waals surface area contributed by atoms with E-state index in [1.54, 1.807) is 4.90 Å². The Kier molecular flexibility index (Phi) is 6.87. The predicted molar refractivity (Wildman–Crippen MR) is 144 cm³/mol. The van der Waals surface area contributed by atoms with Crippen LogP contribution in [0.4, 0.5) is 32.9 Å². The quantitative estimate of drug-likeness (QED) is 0.330. The van der Waals surface area contributed by atoms with Crippen LogP contribution in [0.2, 0.25) is 0 Å². The van der Waals surface area contributed by atoms with Crippen molar-refractivity contribution in [1.29, 1.82) is 0 Å². The van der Waals surface area contributed by atoms with Gasteiger partial charge in [-0.15, -0.1) is 0 Å². The summed E-state index contributed by atoms with van der Waals surface area (Å²) in [6.07, 6.45) is -3.02. The SMILES string of the molecule is CN1CCC[C@H]1COc1nc(N2CCNCC2)c2cc(C(F)(F)F)c(-c3ccc(F)c4sc(N)nc34)c(F)c2n1. The number of hydrogen-bond donors (Lipinski definition) is 2. The molecule has 3 N–H and O–H groups in total. The van der Waals surface area contributed by atoms with Crippen LogP contribution in [0.25, 0.3) is 32.2 Å². The van der Waals surface area contributed by atoms with Gasteiger partial charge in [-0.1, -0.05) is 11.3 Å². The molecule has 0 spiro atoms. The Hall–Kier alpha value is -3.36. The number of anilines is 2. The number of fused-ring (bicyclic) bond motifs is 2. The first kappa shape index (κ1) is 26.8. The van der Waals surface area contributed by atoms with E-state index < -0.39 is 28.9 Å². The zero-order valence-electron chi connectivity index (χ0n) is 21.5. The average Bonchev–Trinajstić information content (AvgIpc) is 3.53. The number of benzene rings is 2. The van der Waals surface area contributed by atoms with Crippen molar-refractivity contribution in [1.82, 2.24) is 25.2 Å². The Bertz CT molecular complexity index is 1590. The topological polar surface area (TPSA) is 92.4 Å². The number of alkyl halides is 3. The summed E-state index contributed by atoms with van der Waals surface area (Å²) in [5.74, 6) is -1.76. The Morgan fingerprint density at radius 3 is 2.58 bits per heavy atom. The molecule has 2 aromatic heterocycles. The van der Waals surface area contributed by atoms with Crippen LogP contribution < -0.4 is 20.7 Å². The summed E-state index contributed by atoms with van der Waals surface area (Å²) in [4.78, 5) is 16.7. The molecule has 4 aromatic rings. The fourth-order valence-corrected chi connectivity index (χ4v) is 6.18. The molecule has 4 heterocycles. The van der Waals surface area contributed by atoms with E-state index in [0.29, 0.717) is 26.2 Å². The molecule has 2 aliphatic rings. The number of aromatic nitrogens is 3. The second-order valence-corrected chi connectivity index (χ2v) is 11.0. The minimum Gasteiger partial charge on any atom is -0.462 e. The van der Waals surface area contributed by atoms with Crippen LogP contribution in [0.5, 0.6) is 6.01 Å². The zero-order valence-corrected chi connectivity index (χ0v) is 22.3. The predicted octanol–water partition coefficient (Wildman–Crippen LogP) is 4.67. The molecule has 6 rings (SSSR count). The van der Waals surface area contributed by atoms with Gasteiger partial charge in [0, 0.05) is 48.7 Å². The van der Waals surface area contributed by atoms with E-state index in [-0.39, 0.29) is 56.3 Å². The molecule has 2 aromatic carbocycles. The van der Waals surface area contributed by atoms with E-state index in [4.69, 9.17) is 10.5 Å². The number of likely N-dealkylation sites (tertiary alicyclic amines) is 1. The number of ether oxygens (including phenoxy) is 1. The van der Waals surface area contributed by atoms with Crippen molar-refractivity contribution in [3.05, 3.63) is 35.4 Å². The van der Waals surface area contributed by atoms with Gasteiger partial charge in [0.25, 0.3) is 0 Å². The maximum absolute atomic E-state index is 16.5. The summed E-state index contributed by atoms with van der Waals surface area (Å²) in [6, 6.07) is 2.94. The van der Waals surface area contributed by atoms with Crippen molar-refractivity contribution >= 4 is 43.4 Å². The van der Waals surface area contributed by atoms with Gasteiger partial charge in [-0.3, -0.25) is 0 Å². The summed E-state index contributed by atoms with van der Waals surface area (Å²) in [5, 5.41) is 3.06. The lowest BCUT2D eigenvalue weighted by molar-refractivity contribution is -0.137. The van der Waals surface area contributed by atoms with Crippen LogP contribution in [0.1, 0.15) is 18.4 Å². The highest BCUT2D eigenvalue weighted by atomic mass is 32.1. The third-order valence-corrected chi connectivity index (χ3v) is 8.36. The molecule has 0 unspecified atom stereocenters. The molecule has 0 radical (unpaired) electrons. The van der Waals surface area contributed by atoms with Crippen LogP contribution in [0, 0.1) is 11.6 Å².